The molecule has 2 aromatic carbocycles. The van der Waals surface area contributed by atoms with Crippen LogP contribution in [0.15, 0.2) is 42.7 Å². The number of aromatic hydroxyl groups is 1. The monoisotopic (exact) mass is 659 g/mol. The minimum atomic E-state index is -0.953. The van der Waals surface area contributed by atoms with Gasteiger partial charge in [0.15, 0.2) is 5.82 Å². The maximum absolute atomic E-state index is 16.8. The van der Waals surface area contributed by atoms with Gasteiger partial charge in [-0.25, -0.2) is 17.9 Å². The van der Waals surface area contributed by atoms with Gasteiger partial charge in [0, 0.05) is 50.9 Å². The number of fused-ring (bicyclic) bond motifs is 3. The molecule has 7 rings (SSSR count). The van der Waals surface area contributed by atoms with Crippen molar-refractivity contribution in [3.05, 3.63) is 65.6 Å². The molecule has 2 fully saturated rings. The van der Waals surface area contributed by atoms with Gasteiger partial charge >= 0.3 is 6.01 Å². The predicted molar refractivity (Wildman–Crippen MR) is 175 cm³/mol. The number of aromatic nitrogens is 5. The Hall–Kier alpha value is -4.78. The zero-order valence-electron chi connectivity index (χ0n) is 27.0. The molecule has 48 heavy (non-hydrogen) atoms. The van der Waals surface area contributed by atoms with Crippen molar-refractivity contribution in [3.8, 4) is 23.0 Å². The highest BCUT2D eigenvalue weighted by molar-refractivity contribution is 6.01. The lowest BCUT2D eigenvalue weighted by molar-refractivity contribution is 0.0889. The molecule has 250 valence electrons. The van der Waals surface area contributed by atoms with Gasteiger partial charge in [0.2, 0.25) is 5.91 Å². The van der Waals surface area contributed by atoms with Gasteiger partial charge in [-0.3, -0.25) is 14.7 Å². The number of rotatable bonds is 9. The topological polar surface area (TPSA) is 110 Å². The van der Waals surface area contributed by atoms with Gasteiger partial charge in [0.25, 0.3) is 0 Å². The number of carbonyl (C=O) groups is 1. The zero-order valence-corrected chi connectivity index (χ0v) is 27.0. The van der Waals surface area contributed by atoms with E-state index in [9.17, 15) is 18.7 Å². The molecule has 5 aromatic rings. The fraction of sp³-hybridized carbons (Fsp3) is 0.400. The highest BCUT2D eigenvalue weighted by Gasteiger charge is 2.49. The van der Waals surface area contributed by atoms with Gasteiger partial charge in [0.05, 0.1) is 16.6 Å². The van der Waals surface area contributed by atoms with Crippen LogP contribution in [0, 0.1) is 18.6 Å². The van der Waals surface area contributed by atoms with E-state index in [1.807, 2.05) is 0 Å². The van der Waals surface area contributed by atoms with Gasteiger partial charge in [-0.2, -0.15) is 15.1 Å². The molecule has 2 atom stereocenters. The first-order valence-corrected chi connectivity index (χ1v) is 16.2. The second-order valence-electron chi connectivity index (χ2n) is 12.8. The van der Waals surface area contributed by atoms with Crippen LogP contribution in [0.4, 0.5) is 19.0 Å². The van der Waals surface area contributed by atoms with Gasteiger partial charge < -0.3 is 14.7 Å². The lowest BCUT2D eigenvalue weighted by atomic mass is 9.94. The van der Waals surface area contributed by atoms with Crippen molar-refractivity contribution >= 4 is 33.4 Å². The molecule has 0 spiro atoms. The Kier molecular flexibility index (Phi) is 8.18. The van der Waals surface area contributed by atoms with Crippen LogP contribution in [-0.2, 0) is 6.42 Å². The quantitative estimate of drug-likeness (QED) is 0.203. The second-order valence-corrected chi connectivity index (χ2v) is 12.8. The van der Waals surface area contributed by atoms with Crippen molar-refractivity contribution in [2.24, 2.45) is 0 Å². The minimum Gasteiger partial charge on any atom is -0.508 e. The van der Waals surface area contributed by atoms with Crippen LogP contribution in [0.2, 0.25) is 0 Å². The van der Waals surface area contributed by atoms with Crippen molar-refractivity contribution in [2.45, 2.75) is 57.7 Å². The van der Waals surface area contributed by atoms with E-state index in [0.29, 0.717) is 41.4 Å². The molecule has 2 aliphatic heterocycles. The molecule has 3 aromatic heterocycles. The number of pyridine rings is 1. The summed E-state index contributed by atoms with van der Waals surface area (Å²) in [5, 5.41) is 16.0. The number of nitrogens with zero attached hydrogens (tertiary/aromatic N) is 7. The number of aryl methyl sites for hydroxylation is 2. The second kappa shape index (κ2) is 12.3. The molecule has 5 heterocycles. The van der Waals surface area contributed by atoms with Crippen LogP contribution in [0.1, 0.15) is 48.7 Å². The summed E-state index contributed by atoms with van der Waals surface area (Å²) in [7, 11) is 1.72. The Balaban J connectivity index is 1.32. The lowest BCUT2D eigenvalue weighted by Crippen LogP contribution is -2.43. The largest absolute Gasteiger partial charge is 0.508 e. The van der Waals surface area contributed by atoms with E-state index in [2.05, 4.69) is 25.0 Å². The third-order valence-corrected chi connectivity index (χ3v) is 9.64. The minimum absolute atomic E-state index is 0.0872. The van der Waals surface area contributed by atoms with Crippen LogP contribution < -0.4 is 9.64 Å². The molecule has 0 saturated carbocycles. The van der Waals surface area contributed by atoms with Crippen LogP contribution in [-0.4, -0.2) is 85.6 Å². The number of carbonyl (C=O) groups excluding carboxylic acids is 1. The SMILES string of the molecule is CCc1c(F)ccc2cc(O)cc(-c3ncc4c(N(C)CCC(=O)n5ccc(C)n5)nc(OC[C@@]56CCCN5C[C@H](F)C6)nc4c3F)c12. The van der Waals surface area contributed by atoms with Crippen LogP contribution >= 0.6 is 0 Å². The fourth-order valence-electron chi connectivity index (χ4n) is 7.28. The summed E-state index contributed by atoms with van der Waals surface area (Å²) in [5.74, 6) is -1.31. The van der Waals surface area contributed by atoms with E-state index < -0.39 is 23.3 Å². The van der Waals surface area contributed by atoms with E-state index in [1.165, 1.54) is 35.1 Å². The maximum atomic E-state index is 16.8. The van der Waals surface area contributed by atoms with Gasteiger partial charge in [0.1, 0.15) is 41.4 Å². The number of alkyl halides is 1. The average molecular weight is 660 g/mol. The number of phenols is 1. The summed E-state index contributed by atoms with van der Waals surface area (Å²) in [6, 6.07) is 7.37. The number of halogens is 3. The number of phenolic OH excluding ortho intramolecular Hbond substituents is 1. The smallest absolute Gasteiger partial charge is 0.319 e. The molecule has 0 radical (unpaired) electrons. The third-order valence-electron chi connectivity index (χ3n) is 9.64. The third kappa shape index (κ3) is 5.59. The summed E-state index contributed by atoms with van der Waals surface area (Å²) < 4.78 is 53.7. The highest BCUT2D eigenvalue weighted by Crippen LogP contribution is 2.41. The van der Waals surface area contributed by atoms with Crippen LogP contribution in [0.5, 0.6) is 11.8 Å². The molecule has 0 aliphatic carbocycles. The molecule has 2 aliphatic rings. The first-order valence-electron chi connectivity index (χ1n) is 16.2. The summed E-state index contributed by atoms with van der Waals surface area (Å²) >= 11 is 0. The molecule has 0 bridgehead atoms. The van der Waals surface area contributed by atoms with Crippen molar-refractivity contribution in [1.82, 2.24) is 29.6 Å². The van der Waals surface area contributed by atoms with Crippen molar-refractivity contribution in [1.29, 1.82) is 0 Å². The normalized spacial score (nSPS) is 19.3. The summed E-state index contributed by atoms with van der Waals surface area (Å²) in [6.45, 7) is 5.07. The van der Waals surface area contributed by atoms with Crippen LogP contribution in [0.3, 0.4) is 0 Å². The number of anilines is 1. The average Bonchev–Trinajstić information content (AvgIpc) is 3.76. The molecule has 10 nitrogen and oxygen atoms in total. The Labute approximate surface area is 275 Å². The molecular formula is C35H36F3N7O3. The van der Waals surface area contributed by atoms with Crippen molar-refractivity contribution in [2.75, 3.05) is 38.2 Å². The van der Waals surface area contributed by atoms with Crippen molar-refractivity contribution in [3.63, 3.8) is 0 Å². The molecule has 0 amide bonds. The number of ether oxygens (including phenoxy) is 1. The van der Waals surface area contributed by atoms with E-state index in [4.69, 9.17) is 4.74 Å². The zero-order chi connectivity index (χ0) is 33.7. The molecule has 13 heteroatoms. The Morgan fingerprint density at radius 2 is 2.04 bits per heavy atom. The number of hydrogen-bond donors (Lipinski definition) is 1. The standard InChI is InChI=1S/C35H36F3N7O3/c1-4-24-27(37)7-6-21-14-23(46)15-25(29(21)24)31-30(38)32-26(17-39-31)33(43(3)12-9-28(47)45-13-8-20(2)42-45)41-34(40-32)48-19-35-10-5-11-44(35)18-22(36)16-35/h6-8,13-15,17,22,46H,4-5,9-12,16,18-19H2,1-3H3/t22-,35+/m1/s1. The first kappa shape index (κ1) is 31.8. The van der Waals surface area contributed by atoms with Gasteiger partial charge in [-0.05, 0) is 73.3 Å². The summed E-state index contributed by atoms with van der Waals surface area (Å²) in [4.78, 5) is 30.2. The number of hydrogen-bond acceptors (Lipinski definition) is 9. The van der Waals surface area contributed by atoms with Gasteiger partial charge in [-0.1, -0.05) is 13.0 Å². The lowest BCUT2D eigenvalue weighted by Gasteiger charge is -2.31. The van der Waals surface area contributed by atoms with Gasteiger partial charge in [-0.15, -0.1) is 0 Å². The van der Waals surface area contributed by atoms with Crippen LogP contribution in [0.25, 0.3) is 32.9 Å². The molecule has 2 saturated heterocycles. The molecule has 1 N–H and O–H groups in total. The summed E-state index contributed by atoms with van der Waals surface area (Å²) in [5.41, 5.74) is 0.604. The first-order chi connectivity index (χ1) is 23.1. The van der Waals surface area contributed by atoms with E-state index in [0.717, 1.165) is 19.4 Å². The molecule has 0 unspecified atom stereocenters. The Bertz CT molecular complexity index is 2050. The Morgan fingerprint density at radius 1 is 1.21 bits per heavy atom. The highest BCUT2D eigenvalue weighted by atomic mass is 19.1. The van der Waals surface area contributed by atoms with Crippen molar-refractivity contribution < 1.29 is 27.8 Å². The van der Waals surface area contributed by atoms with E-state index >= 15 is 4.39 Å². The van der Waals surface area contributed by atoms with E-state index in [1.54, 1.807) is 38.1 Å². The predicted octanol–water partition coefficient (Wildman–Crippen LogP) is 6.02. The fourth-order valence-corrected chi connectivity index (χ4v) is 7.28. The van der Waals surface area contributed by atoms with E-state index in [-0.39, 0.29) is 65.2 Å². The maximum Gasteiger partial charge on any atom is 0.319 e. The summed E-state index contributed by atoms with van der Waals surface area (Å²) in [6.07, 6.45) is 4.54. The molecular weight excluding hydrogens is 623 g/mol. The Morgan fingerprint density at radius 3 is 2.81 bits per heavy atom. The number of benzene rings is 2.